The number of rotatable bonds is 2. The van der Waals surface area contributed by atoms with Crippen LogP contribution in [0.1, 0.15) is 12.8 Å². The van der Waals surface area contributed by atoms with Gasteiger partial charge in [0.25, 0.3) is 0 Å². The van der Waals surface area contributed by atoms with Crippen LogP contribution >= 0.6 is 22.6 Å². The van der Waals surface area contributed by atoms with E-state index in [2.05, 4.69) is 32.8 Å². The molecular weight excluding hydrogens is 329 g/mol. The Labute approximate surface area is 104 Å². The highest BCUT2D eigenvalue weighted by molar-refractivity contribution is 14.1. The van der Waals surface area contributed by atoms with Crippen LogP contribution in [0, 0.1) is 0 Å². The summed E-state index contributed by atoms with van der Waals surface area (Å²) >= 11 is 2.32. The second-order valence-corrected chi connectivity index (χ2v) is 7.50. The molecule has 0 aromatic carbocycles. The summed E-state index contributed by atoms with van der Waals surface area (Å²) in [6, 6.07) is 0.591. The van der Waals surface area contributed by atoms with Gasteiger partial charge < -0.3 is 5.32 Å². The van der Waals surface area contributed by atoms with E-state index in [0.717, 1.165) is 19.6 Å². The van der Waals surface area contributed by atoms with E-state index >= 15 is 0 Å². The predicted octanol–water partition coefficient (Wildman–Crippen LogP) is -0.528. The first-order chi connectivity index (χ1) is 6.98. The molecule has 0 aromatic heterocycles. The molecule has 2 unspecified atom stereocenters. The molecule has 2 rings (SSSR count). The van der Waals surface area contributed by atoms with Gasteiger partial charge in [-0.1, -0.05) is 22.6 Å². The van der Waals surface area contributed by atoms with E-state index in [1.54, 1.807) is 0 Å². The van der Waals surface area contributed by atoms with Crippen LogP contribution in [0.25, 0.3) is 0 Å². The molecule has 15 heavy (non-hydrogen) atoms. The Hall–Kier alpha value is 0.560. The van der Waals surface area contributed by atoms with E-state index in [9.17, 15) is 8.42 Å². The molecule has 2 fully saturated rings. The minimum absolute atomic E-state index is 0.298. The Morgan fingerprint density at radius 2 is 2.07 bits per heavy atom. The smallest absolute Gasteiger partial charge is 0.212 e. The molecule has 0 bridgehead atoms. The fourth-order valence-corrected chi connectivity index (χ4v) is 4.70. The van der Waals surface area contributed by atoms with Crippen molar-refractivity contribution in [2.24, 2.45) is 5.14 Å². The first-order valence-corrected chi connectivity index (χ1v) is 7.96. The van der Waals surface area contributed by atoms with Crippen LogP contribution in [0.3, 0.4) is 0 Å². The van der Waals surface area contributed by atoms with E-state index in [0.29, 0.717) is 22.9 Å². The summed E-state index contributed by atoms with van der Waals surface area (Å²) in [5.41, 5.74) is 0. The number of primary sulfonamides is 1. The number of hydrogen-bond acceptors (Lipinski definition) is 4. The summed E-state index contributed by atoms with van der Waals surface area (Å²) in [5.74, 6) is 0. The summed E-state index contributed by atoms with van der Waals surface area (Å²) in [4.78, 5) is 2.39. The van der Waals surface area contributed by atoms with Gasteiger partial charge in [-0.15, -0.1) is 0 Å². The normalized spacial score (nSPS) is 35.1. The number of halogens is 1. The number of nitrogens with one attached hydrogen (secondary N) is 1. The number of alkyl halides is 1. The summed E-state index contributed by atoms with van der Waals surface area (Å²) < 4.78 is 22.8. The Kier molecular flexibility index (Phi) is 3.56. The average molecular weight is 345 g/mol. The lowest BCUT2D eigenvalue weighted by Gasteiger charge is -2.44. The van der Waals surface area contributed by atoms with Gasteiger partial charge in [0, 0.05) is 25.7 Å². The van der Waals surface area contributed by atoms with E-state index in [1.165, 1.54) is 0 Å². The van der Waals surface area contributed by atoms with Gasteiger partial charge in [-0.25, -0.2) is 13.6 Å². The largest absolute Gasteiger partial charge is 0.314 e. The number of nitrogens with two attached hydrogens (primary N) is 1. The fourth-order valence-electron chi connectivity index (χ4n) is 2.12. The van der Waals surface area contributed by atoms with Crippen LogP contribution in [-0.2, 0) is 10.0 Å². The summed E-state index contributed by atoms with van der Waals surface area (Å²) in [6.45, 7) is 2.90. The third kappa shape index (κ3) is 2.63. The highest BCUT2D eigenvalue weighted by atomic mass is 127. The number of sulfonamides is 1. The standard InChI is InChI=1S/C8H16IN3O2S/c9-8-3-7(15(10,13)14)1-2-12(8)6-4-11-5-6/h6-8,11H,1-5H2,(H2,10,13,14). The van der Waals surface area contributed by atoms with Crippen LogP contribution in [0.4, 0.5) is 0 Å². The van der Waals surface area contributed by atoms with E-state index in [1.807, 2.05) is 0 Å². The molecule has 5 nitrogen and oxygen atoms in total. The maximum atomic E-state index is 11.2. The molecule has 0 amide bonds. The first kappa shape index (κ1) is 12.0. The SMILES string of the molecule is NS(=O)(=O)C1CCN(C2CNC2)C(I)C1. The molecule has 2 saturated heterocycles. The molecule has 88 valence electrons. The molecule has 2 atom stereocenters. The molecule has 7 heteroatoms. The third-order valence-corrected chi connectivity index (χ3v) is 5.80. The van der Waals surface area contributed by atoms with Crippen molar-refractivity contribution in [3.63, 3.8) is 0 Å². The molecule has 0 aliphatic carbocycles. The van der Waals surface area contributed by atoms with E-state index in [-0.39, 0.29) is 5.25 Å². The number of hydrogen-bond donors (Lipinski definition) is 2. The average Bonchev–Trinajstić information content (AvgIpc) is 2.03. The molecule has 0 radical (unpaired) electrons. The number of piperidine rings is 1. The quantitative estimate of drug-likeness (QED) is 0.401. The van der Waals surface area contributed by atoms with Crippen LogP contribution in [0.2, 0.25) is 0 Å². The van der Waals surface area contributed by atoms with Crippen LogP contribution in [0.15, 0.2) is 0 Å². The Bertz CT molecular complexity index is 331. The first-order valence-electron chi connectivity index (χ1n) is 5.10. The van der Waals surface area contributed by atoms with Crippen molar-refractivity contribution < 1.29 is 8.42 Å². The van der Waals surface area contributed by atoms with Gasteiger partial charge in [-0.2, -0.15) is 0 Å². The van der Waals surface area contributed by atoms with Crippen molar-refractivity contribution in [3.8, 4) is 0 Å². The monoisotopic (exact) mass is 345 g/mol. The van der Waals surface area contributed by atoms with Crippen molar-refractivity contribution in [1.82, 2.24) is 10.2 Å². The van der Waals surface area contributed by atoms with Gasteiger partial charge in [0.1, 0.15) is 0 Å². The van der Waals surface area contributed by atoms with Crippen molar-refractivity contribution >= 4 is 32.6 Å². The van der Waals surface area contributed by atoms with Crippen LogP contribution in [0.5, 0.6) is 0 Å². The predicted molar refractivity (Wildman–Crippen MR) is 67.3 cm³/mol. The van der Waals surface area contributed by atoms with Gasteiger partial charge in [-0.3, -0.25) is 4.90 Å². The highest BCUT2D eigenvalue weighted by Crippen LogP contribution is 2.28. The van der Waals surface area contributed by atoms with Crippen molar-refractivity contribution in [2.75, 3.05) is 19.6 Å². The number of likely N-dealkylation sites (tertiary alicyclic amines) is 1. The van der Waals surface area contributed by atoms with Crippen LogP contribution in [-0.4, -0.2) is 48.3 Å². The zero-order chi connectivity index (χ0) is 11.1. The van der Waals surface area contributed by atoms with Crippen molar-refractivity contribution in [2.45, 2.75) is 28.2 Å². The van der Waals surface area contributed by atoms with Gasteiger partial charge in [0.05, 0.1) is 9.30 Å². The molecule has 0 aromatic rings. The van der Waals surface area contributed by atoms with Crippen molar-refractivity contribution in [3.05, 3.63) is 0 Å². The summed E-state index contributed by atoms with van der Waals surface area (Å²) in [6.07, 6.45) is 1.34. The summed E-state index contributed by atoms with van der Waals surface area (Å²) in [7, 11) is -3.34. The molecule has 2 heterocycles. The second-order valence-electron chi connectivity index (χ2n) is 4.22. The molecule has 2 aliphatic heterocycles. The molecule has 3 N–H and O–H groups in total. The van der Waals surface area contributed by atoms with Gasteiger partial charge in [-0.05, 0) is 12.8 Å². The molecule has 2 aliphatic rings. The molecule has 0 saturated carbocycles. The van der Waals surface area contributed by atoms with E-state index in [4.69, 9.17) is 5.14 Å². The maximum Gasteiger partial charge on any atom is 0.212 e. The Morgan fingerprint density at radius 3 is 2.47 bits per heavy atom. The lowest BCUT2D eigenvalue weighted by Crippen LogP contribution is -2.61. The fraction of sp³-hybridized carbons (Fsp3) is 1.00. The lowest BCUT2D eigenvalue weighted by atomic mass is 10.0. The Morgan fingerprint density at radius 1 is 1.40 bits per heavy atom. The summed E-state index contributed by atoms with van der Waals surface area (Å²) in [5, 5.41) is 8.07. The van der Waals surface area contributed by atoms with E-state index < -0.39 is 10.0 Å². The van der Waals surface area contributed by atoms with Gasteiger partial charge >= 0.3 is 0 Å². The zero-order valence-corrected chi connectivity index (χ0v) is 11.4. The zero-order valence-electron chi connectivity index (χ0n) is 8.39. The topological polar surface area (TPSA) is 75.4 Å². The van der Waals surface area contributed by atoms with Gasteiger partial charge in [0.15, 0.2) is 0 Å². The van der Waals surface area contributed by atoms with Crippen molar-refractivity contribution in [1.29, 1.82) is 0 Å². The Balaban J connectivity index is 1.96. The highest BCUT2D eigenvalue weighted by Gasteiger charge is 2.37. The number of nitrogens with zero attached hydrogens (tertiary/aromatic N) is 1. The third-order valence-electron chi connectivity index (χ3n) is 3.22. The second kappa shape index (κ2) is 4.44. The maximum absolute atomic E-state index is 11.2. The minimum atomic E-state index is -3.34. The lowest BCUT2D eigenvalue weighted by molar-refractivity contribution is 0.114. The van der Waals surface area contributed by atoms with Crippen LogP contribution < -0.4 is 10.5 Å². The molecule has 0 spiro atoms. The minimum Gasteiger partial charge on any atom is -0.314 e. The van der Waals surface area contributed by atoms with Gasteiger partial charge in [0.2, 0.25) is 10.0 Å². The molecular formula is C8H16IN3O2S.